The molecule has 0 amide bonds. The Hall–Kier alpha value is -3.89. The maximum absolute atomic E-state index is 13.1. The van der Waals surface area contributed by atoms with Crippen LogP contribution in [0.4, 0.5) is 0 Å². The Morgan fingerprint density at radius 1 is 1.03 bits per heavy atom. The first kappa shape index (κ1) is 21.9. The lowest BCUT2D eigenvalue weighted by molar-refractivity contribution is 0.0339. The summed E-state index contributed by atoms with van der Waals surface area (Å²) < 4.78 is 17.0. The van der Waals surface area contributed by atoms with Gasteiger partial charge < -0.3 is 24.2 Å². The lowest BCUT2D eigenvalue weighted by Gasteiger charge is -2.27. The summed E-state index contributed by atoms with van der Waals surface area (Å²) in [6.07, 6.45) is 1.50. The molecular formula is C24H25N5O5. The Morgan fingerprint density at radius 2 is 1.85 bits per heavy atom. The van der Waals surface area contributed by atoms with Crippen molar-refractivity contribution in [1.29, 1.82) is 0 Å². The first-order chi connectivity index (χ1) is 16.6. The van der Waals surface area contributed by atoms with Crippen molar-refractivity contribution in [1.82, 2.24) is 19.5 Å². The van der Waals surface area contributed by atoms with Crippen LogP contribution >= 0.6 is 0 Å². The maximum atomic E-state index is 13.1. The van der Waals surface area contributed by atoms with E-state index in [-0.39, 0.29) is 5.52 Å². The van der Waals surface area contributed by atoms with Gasteiger partial charge in [0.1, 0.15) is 17.0 Å². The zero-order valence-electron chi connectivity index (χ0n) is 19.0. The van der Waals surface area contributed by atoms with Crippen LogP contribution in [0.5, 0.6) is 11.5 Å². The van der Waals surface area contributed by atoms with E-state index in [1.54, 1.807) is 32.4 Å². The van der Waals surface area contributed by atoms with E-state index in [1.165, 1.54) is 6.21 Å². The molecule has 10 nitrogen and oxygen atoms in total. The molecule has 0 bridgehead atoms. The number of ether oxygens (including phenoxy) is 3. The Morgan fingerprint density at radius 3 is 2.62 bits per heavy atom. The lowest BCUT2D eigenvalue weighted by atomic mass is 10.1. The molecule has 3 heterocycles. The number of morpholine rings is 1. The molecule has 2 aromatic heterocycles. The minimum atomic E-state index is -0.618. The number of methoxy groups -OCH3 is 2. The molecule has 34 heavy (non-hydrogen) atoms. The molecule has 0 unspecified atom stereocenters. The monoisotopic (exact) mass is 463 g/mol. The summed E-state index contributed by atoms with van der Waals surface area (Å²) in [5.41, 5.74) is 1.98. The molecule has 5 rings (SSSR count). The number of rotatable bonds is 6. The molecular weight excluding hydrogens is 438 g/mol. The third-order valence-electron chi connectivity index (χ3n) is 5.96. The Labute approximate surface area is 194 Å². The van der Waals surface area contributed by atoms with E-state index in [0.29, 0.717) is 36.5 Å². The van der Waals surface area contributed by atoms with Crippen molar-refractivity contribution in [2.45, 2.75) is 6.54 Å². The van der Waals surface area contributed by atoms with E-state index in [0.717, 1.165) is 40.0 Å². The smallest absolute Gasteiger partial charge is 0.350 e. The van der Waals surface area contributed by atoms with Gasteiger partial charge in [-0.3, -0.25) is 9.69 Å². The first-order valence-corrected chi connectivity index (χ1v) is 10.9. The van der Waals surface area contributed by atoms with E-state index in [2.05, 4.69) is 20.0 Å². The van der Waals surface area contributed by atoms with Crippen LogP contribution in [0.15, 0.2) is 51.1 Å². The second kappa shape index (κ2) is 9.16. The summed E-state index contributed by atoms with van der Waals surface area (Å²) in [4.78, 5) is 33.9. The van der Waals surface area contributed by atoms with Gasteiger partial charge in [-0.25, -0.2) is 4.79 Å². The summed E-state index contributed by atoms with van der Waals surface area (Å²) in [6, 6.07) is 11.0. The third kappa shape index (κ3) is 4.09. The fraction of sp³-hybridized carbons (Fsp3) is 0.292. The van der Waals surface area contributed by atoms with Crippen molar-refractivity contribution in [2.24, 2.45) is 5.10 Å². The zero-order valence-corrected chi connectivity index (χ0v) is 19.0. The quantitative estimate of drug-likeness (QED) is 0.422. The molecule has 0 radical (unpaired) electrons. The molecule has 2 aromatic carbocycles. The number of nitrogens with one attached hydrogen (secondary N) is 2. The highest BCUT2D eigenvalue weighted by Gasteiger charge is 2.15. The Balaban J connectivity index is 1.50. The topological polar surface area (TPSA) is 114 Å². The van der Waals surface area contributed by atoms with Crippen LogP contribution in [0.2, 0.25) is 0 Å². The summed E-state index contributed by atoms with van der Waals surface area (Å²) in [5.74, 6) is 1.42. The van der Waals surface area contributed by atoms with Crippen LogP contribution in [0, 0.1) is 0 Å². The van der Waals surface area contributed by atoms with E-state index in [1.807, 2.05) is 18.2 Å². The highest BCUT2D eigenvalue weighted by atomic mass is 16.5. The number of aromatic amines is 2. The molecule has 0 saturated carbocycles. The fourth-order valence-corrected chi connectivity index (χ4v) is 4.18. The molecule has 4 aromatic rings. The second-order valence-corrected chi connectivity index (χ2v) is 8.04. The predicted molar refractivity (Wildman–Crippen MR) is 129 cm³/mol. The summed E-state index contributed by atoms with van der Waals surface area (Å²) in [7, 11) is 3.20. The van der Waals surface area contributed by atoms with Gasteiger partial charge in [0, 0.05) is 36.7 Å². The van der Waals surface area contributed by atoms with Gasteiger partial charge in [0.05, 0.1) is 44.7 Å². The summed E-state index contributed by atoms with van der Waals surface area (Å²) in [6.45, 7) is 3.82. The standard InChI is InChI=1S/C24H25N5O5/c1-32-17-4-5-18-19(12-17)26-22-21(18)27-24(31)29(23(22)30)25-13-15-3-6-20(33-2)16(11-15)14-28-7-9-34-10-8-28/h3-6,11-13,26H,7-10,14H2,1-2H3,(H,27,31)/b25-13+. The number of fused-ring (bicyclic) bond motifs is 3. The Kier molecular flexibility index (Phi) is 5.91. The van der Waals surface area contributed by atoms with Gasteiger partial charge in [-0.2, -0.15) is 5.10 Å². The van der Waals surface area contributed by atoms with Gasteiger partial charge in [-0.15, -0.1) is 4.68 Å². The summed E-state index contributed by atoms with van der Waals surface area (Å²) >= 11 is 0. The van der Waals surface area contributed by atoms with Crippen molar-refractivity contribution in [3.63, 3.8) is 0 Å². The fourth-order valence-electron chi connectivity index (χ4n) is 4.18. The predicted octanol–water partition coefficient (Wildman–Crippen LogP) is 1.90. The highest BCUT2D eigenvalue weighted by Crippen LogP contribution is 2.25. The van der Waals surface area contributed by atoms with Gasteiger partial charge >= 0.3 is 11.2 Å². The molecule has 0 spiro atoms. The van der Waals surface area contributed by atoms with Crippen molar-refractivity contribution < 1.29 is 14.2 Å². The average Bonchev–Trinajstić information content (AvgIpc) is 3.22. The number of benzene rings is 2. The van der Waals surface area contributed by atoms with Crippen LogP contribution < -0.4 is 20.7 Å². The molecule has 0 atom stereocenters. The molecule has 0 aliphatic carbocycles. The molecule has 1 fully saturated rings. The van der Waals surface area contributed by atoms with E-state index < -0.39 is 11.2 Å². The lowest BCUT2D eigenvalue weighted by Crippen LogP contribution is -2.35. The van der Waals surface area contributed by atoms with E-state index in [9.17, 15) is 9.59 Å². The van der Waals surface area contributed by atoms with Crippen LogP contribution in [-0.2, 0) is 11.3 Å². The van der Waals surface area contributed by atoms with Gasteiger partial charge in [0.2, 0.25) is 0 Å². The maximum Gasteiger partial charge on any atom is 0.350 e. The molecule has 1 aliphatic rings. The Bertz CT molecular complexity index is 1490. The normalized spacial score (nSPS) is 14.9. The summed E-state index contributed by atoms with van der Waals surface area (Å²) in [5, 5.41) is 4.92. The number of aromatic nitrogens is 3. The van der Waals surface area contributed by atoms with E-state index in [4.69, 9.17) is 14.2 Å². The van der Waals surface area contributed by atoms with Gasteiger partial charge in [-0.1, -0.05) is 0 Å². The second-order valence-electron chi connectivity index (χ2n) is 8.04. The van der Waals surface area contributed by atoms with Gasteiger partial charge in [0.15, 0.2) is 0 Å². The minimum Gasteiger partial charge on any atom is -0.497 e. The first-order valence-electron chi connectivity index (χ1n) is 10.9. The van der Waals surface area contributed by atoms with Crippen LogP contribution in [0.25, 0.3) is 21.9 Å². The van der Waals surface area contributed by atoms with Gasteiger partial charge in [0.25, 0.3) is 0 Å². The SMILES string of the molecule is COc1ccc2c(c1)[nH]c1c(=O)n(/N=C/c3ccc(OC)c(CN4CCOCC4)c3)c(=O)[nH]c12. The van der Waals surface area contributed by atoms with Crippen LogP contribution in [0.1, 0.15) is 11.1 Å². The molecule has 2 N–H and O–H groups in total. The highest BCUT2D eigenvalue weighted by molar-refractivity contribution is 6.04. The van der Waals surface area contributed by atoms with Crippen molar-refractivity contribution in [3.8, 4) is 11.5 Å². The van der Waals surface area contributed by atoms with E-state index >= 15 is 0 Å². The number of hydrogen-bond donors (Lipinski definition) is 2. The molecule has 10 heteroatoms. The van der Waals surface area contributed by atoms with Crippen molar-refractivity contribution in [2.75, 3.05) is 40.5 Å². The molecule has 176 valence electrons. The largest absolute Gasteiger partial charge is 0.497 e. The molecule has 1 aliphatic heterocycles. The average molecular weight is 463 g/mol. The van der Waals surface area contributed by atoms with Crippen LogP contribution in [-0.4, -0.2) is 66.3 Å². The molecule has 1 saturated heterocycles. The van der Waals surface area contributed by atoms with Crippen LogP contribution in [0.3, 0.4) is 0 Å². The number of hydrogen-bond acceptors (Lipinski definition) is 7. The minimum absolute atomic E-state index is 0.266. The third-order valence-corrected chi connectivity index (χ3v) is 5.96. The van der Waals surface area contributed by atoms with Crippen molar-refractivity contribution in [3.05, 3.63) is 68.4 Å². The number of H-pyrrole nitrogens is 2. The van der Waals surface area contributed by atoms with Crippen molar-refractivity contribution >= 4 is 28.2 Å². The number of nitrogens with zero attached hydrogens (tertiary/aromatic N) is 3. The zero-order chi connectivity index (χ0) is 23.7. The van der Waals surface area contributed by atoms with Gasteiger partial charge in [-0.05, 0) is 35.9 Å².